The molecule has 3 heterocycles. The predicted molar refractivity (Wildman–Crippen MR) is 99.1 cm³/mol. The van der Waals surface area contributed by atoms with Crippen molar-refractivity contribution in [1.82, 2.24) is 4.90 Å². The van der Waals surface area contributed by atoms with Crippen molar-refractivity contribution in [1.29, 1.82) is 0 Å². The highest BCUT2D eigenvalue weighted by Gasteiger charge is 2.76. The van der Waals surface area contributed by atoms with E-state index in [9.17, 15) is 9.90 Å². The van der Waals surface area contributed by atoms with E-state index in [1.54, 1.807) is 0 Å². The number of aliphatic hydroxyl groups is 1. The Kier molecular flexibility index (Phi) is 3.50. The molecular weight excluding hydrogens is 312 g/mol. The van der Waals surface area contributed by atoms with Crippen LogP contribution in [0, 0.1) is 5.41 Å². The maximum absolute atomic E-state index is 13.1. The molecule has 3 aliphatic heterocycles. The van der Waals surface area contributed by atoms with Crippen LogP contribution in [0.1, 0.15) is 38.2 Å². The van der Waals surface area contributed by atoms with E-state index in [1.165, 1.54) is 0 Å². The number of hydrogen-bond donors (Lipinski definition) is 1. The van der Waals surface area contributed by atoms with Gasteiger partial charge in [0.2, 0.25) is 5.91 Å². The molecule has 2 fully saturated rings. The van der Waals surface area contributed by atoms with Gasteiger partial charge in [0.05, 0.1) is 5.69 Å². The number of fused-ring (bicyclic) bond motifs is 3. The van der Waals surface area contributed by atoms with Gasteiger partial charge in [-0.15, -0.1) is 13.2 Å². The zero-order valence-electron chi connectivity index (χ0n) is 14.9. The number of para-hydroxylation sites is 1. The maximum atomic E-state index is 13.1. The van der Waals surface area contributed by atoms with E-state index >= 15 is 0 Å². The molecule has 3 aliphatic rings. The van der Waals surface area contributed by atoms with Crippen molar-refractivity contribution in [3.63, 3.8) is 0 Å². The Labute approximate surface area is 149 Å². The fourth-order valence-electron chi connectivity index (χ4n) is 5.81. The fraction of sp³-hybridized carbons (Fsp3) is 0.476. The van der Waals surface area contributed by atoms with Crippen LogP contribution in [0.15, 0.2) is 49.6 Å². The maximum Gasteiger partial charge on any atom is 0.228 e. The van der Waals surface area contributed by atoms with E-state index in [0.29, 0.717) is 25.8 Å². The summed E-state index contributed by atoms with van der Waals surface area (Å²) in [4.78, 5) is 17.3. The van der Waals surface area contributed by atoms with Crippen LogP contribution in [0.25, 0.3) is 0 Å². The molecule has 0 aliphatic carbocycles. The molecule has 3 atom stereocenters. The lowest BCUT2D eigenvalue weighted by atomic mass is 9.61. The van der Waals surface area contributed by atoms with Gasteiger partial charge >= 0.3 is 0 Å². The Morgan fingerprint density at radius 2 is 2.04 bits per heavy atom. The zero-order valence-corrected chi connectivity index (χ0v) is 14.9. The SMILES string of the molecule is C=CCN1CC[C@@]2(O)c3ccccc3N3C(=O)CC[C@](C=C)(CC)[C@@]132. The summed E-state index contributed by atoms with van der Waals surface area (Å²) in [5.41, 5.74) is -0.551. The van der Waals surface area contributed by atoms with E-state index in [1.807, 2.05) is 41.3 Å². The monoisotopic (exact) mass is 338 g/mol. The first-order valence-electron chi connectivity index (χ1n) is 9.17. The van der Waals surface area contributed by atoms with E-state index in [-0.39, 0.29) is 11.3 Å². The Morgan fingerprint density at radius 3 is 2.72 bits per heavy atom. The van der Waals surface area contributed by atoms with E-state index in [0.717, 1.165) is 24.2 Å². The molecular formula is C21H26N2O2. The second kappa shape index (κ2) is 5.29. The third kappa shape index (κ3) is 1.62. The summed E-state index contributed by atoms with van der Waals surface area (Å²) in [6.45, 7) is 11.6. The standard InChI is InChI=1S/C21H26N2O2/c1-4-14-22-15-13-20(25)16-9-7-8-10-17(16)23-18(24)11-12-19(5-2,6-3)21(20,22)23/h4-5,7-10,25H,1-2,6,11-15H2,3H3/t19-,20+,21+/m0/s1. The van der Waals surface area contributed by atoms with Gasteiger partial charge in [0, 0.05) is 30.5 Å². The summed E-state index contributed by atoms with van der Waals surface area (Å²) < 4.78 is 0. The highest BCUT2D eigenvalue weighted by Crippen LogP contribution is 2.67. The normalized spacial score (nSPS) is 36.7. The first kappa shape index (κ1) is 16.6. The summed E-state index contributed by atoms with van der Waals surface area (Å²) in [5.74, 6) is 0.0882. The molecule has 4 heteroatoms. The highest BCUT2D eigenvalue weighted by atomic mass is 16.3. The van der Waals surface area contributed by atoms with E-state index in [4.69, 9.17) is 0 Å². The zero-order chi connectivity index (χ0) is 17.9. The number of carbonyl (C=O) groups excluding carboxylic acids is 1. The molecule has 0 bridgehead atoms. The quantitative estimate of drug-likeness (QED) is 0.858. The van der Waals surface area contributed by atoms with Crippen LogP contribution in [0.4, 0.5) is 5.69 Å². The van der Waals surface area contributed by atoms with Crippen molar-refractivity contribution >= 4 is 11.6 Å². The lowest BCUT2D eigenvalue weighted by Gasteiger charge is -2.60. The molecule has 0 radical (unpaired) electrons. The average molecular weight is 338 g/mol. The number of likely N-dealkylation sites (tertiary alicyclic amines) is 1. The molecule has 1 amide bonds. The topological polar surface area (TPSA) is 43.8 Å². The van der Waals surface area contributed by atoms with Gasteiger partial charge in [-0.1, -0.05) is 37.3 Å². The van der Waals surface area contributed by atoms with Gasteiger partial charge in [-0.3, -0.25) is 14.6 Å². The Morgan fingerprint density at radius 1 is 1.28 bits per heavy atom. The molecule has 132 valence electrons. The molecule has 2 saturated heterocycles. The van der Waals surface area contributed by atoms with Gasteiger partial charge in [0.25, 0.3) is 0 Å². The first-order valence-corrected chi connectivity index (χ1v) is 9.17. The van der Waals surface area contributed by atoms with E-state index < -0.39 is 11.3 Å². The van der Waals surface area contributed by atoms with Crippen LogP contribution >= 0.6 is 0 Å². The van der Waals surface area contributed by atoms with Crippen molar-refractivity contribution in [2.45, 2.75) is 43.9 Å². The molecule has 4 rings (SSSR count). The number of benzene rings is 1. The average Bonchev–Trinajstić information content (AvgIpc) is 3.04. The number of carbonyl (C=O) groups is 1. The number of anilines is 1. The van der Waals surface area contributed by atoms with Crippen molar-refractivity contribution < 1.29 is 9.90 Å². The lowest BCUT2D eigenvalue weighted by Crippen LogP contribution is -2.75. The van der Waals surface area contributed by atoms with Crippen molar-refractivity contribution in [2.24, 2.45) is 5.41 Å². The molecule has 0 saturated carbocycles. The first-order chi connectivity index (χ1) is 12.0. The largest absolute Gasteiger partial charge is 0.381 e. The number of piperidine rings is 1. The van der Waals surface area contributed by atoms with Crippen LogP contribution in [0.5, 0.6) is 0 Å². The minimum absolute atomic E-state index is 0.0882. The van der Waals surface area contributed by atoms with Gasteiger partial charge in [0.1, 0.15) is 11.3 Å². The summed E-state index contributed by atoms with van der Waals surface area (Å²) >= 11 is 0. The van der Waals surface area contributed by atoms with Gasteiger partial charge in [-0.25, -0.2) is 0 Å². The summed E-state index contributed by atoms with van der Waals surface area (Å²) in [7, 11) is 0. The van der Waals surface area contributed by atoms with Crippen LogP contribution in [0.3, 0.4) is 0 Å². The van der Waals surface area contributed by atoms with Crippen molar-refractivity contribution in [3.8, 4) is 0 Å². The van der Waals surface area contributed by atoms with Gasteiger partial charge < -0.3 is 5.11 Å². The Bertz CT molecular complexity index is 760. The minimum Gasteiger partial charge on any atom is -0.381 e. The van der Waals surface area contributed by atoms with Gasteiger partial charge in [-0.2, -0.15) is 0 Å². The fourth-order valence-corrected chi connectivity index (χ4v) is 5.81. The molecule has 0 unspecified atom stereocenters. The Balaban J connectivity index is 2.09. The third-order valence-corrected chi connectivity index (χ3v) is 6.79. The molecule has 1 aromatic rings. The van der Waals surface area contributed by atoms with Crippen molar-refractivity contribution in [3.05, 3.63) is 55.1 Å². The summed E-state index contributed by atoms with van der Waals surface area (Å²) in [6.07, 6.45) is 6.48. The number of rotatable bonds is 4. The summed E-state index contributed by atoms with van der Waals surface area (Å²) in [5, 5.41) is 12.1. The van der Waals surface area contributed by atoms with Crippen molar-refractivity contribution in [2.75, 3.05) is 18.0 Å². The van der Waals surface area contributed by atoms with Gasteiger partial charge in [-0.05, 0) is 25.3 Å². The second-order valence-electron chi connectivity index (χ2n) is 7.48. The molecule has 1 aromatic carbocycles. The molecule has 1 spiro atoms. The lowest BCUT2D eigenvalue weighted by molar-refractivity contribution is -0.150. The van der Waals surface area contributed by atoms with E-state index in [2.05, 4.69) is 25.0 Å². The molecule has 0 aromatic heterocycles. The highest BCUT2D eigenvalue weighted by molar-refractivity contribution is 6.00. The van der Waals surface area contributed by atoms with Gasteiger partial charge in [0.15, 0.2) is 0 Å². The number of amides is 1. The van der Waals surface area contributed by atoms with Crippen LogP contribution in [-0.4, -0.2) is 34.7 Å². The molecule has 1 N–H and O–H groups in total. The third-order valence-electron chi connectivity index (χ3n) is 6.79. The summed E-state index contributed by atoms with van der Waals surface area (Å²) in [6, 6.07) is 7.83. The second-order valence-corrected chi connectivity index (χ2v) is 7.48. The smallest absolute Gasteiger partial charge is 0.228 e. The van der Waals surface area contributed by atoms with Crippen LogP contribution in [-0.2, 0) is 10.4 Å². The number of nitrogens with zero attached hydrogens (tertiary/aromatic N) is 2. The van der Waals surface area contributed by atoms with Crippen LogP contribution < -0.4 is 4.90 Å². The molecule has 4 nitrogen and oxygen atoms in total. The number of hydrogen-bond acceptors (Lipinski definition) is 3. The predicted octanol–water partition coefficient (Wildman–Crippen LogP) is 3.19. The molecule has 25 heavy (non-hydrogen) atoms. The Hall–Kier alpha value is -1.91. The minimum atomic E-state index is -1.09. The van der Waals surface area contributed by atoms with Crippen LogP contribution in [0.2, 0.25) is 0 Å².